The minimum Gasteiger partial charge on any atom is -0.462 e. The Hall–Kier alpha value is -4.71. The van der Waals surface area contributed by atoms with Gasteiger partial charge in [-0.1, -0.05) is 295 Å². The molecule has 0 bridgehead atoms. The highest BCUT2D eigenvalue weighted by molar-refractivity contribution is 5.71. The summed E-state index contributed by atoms with van der Waals surface area (Å²) in [4.78, 5) is 38.2. The number of esters is 3. The van der Waals surface area contributed by atoms with Crippen LogP contribution in [-0.4, -0.2) is 37.2 Å². The Balaban J connectivity index is 4.17. The fraction of sp³-hybridized carbons (Fsp3) is 0.640. The lowest BCUT2D eigenvalue weighted by molar-refractivity contribution is -0.166. The Morgan fingerprint density at radius 3 is 0.790 bits per heavy atom. The molecule has 6 nitrogen and oxygen atoms in total. The maximum absolute atomic E-state index is 12.9. The second-order valence-corrected chi connectivity index (χ2v) is 21.6. The Labute approximate surface area is 499 Å². The SMILES string of the molecule is CC/C=C\C/C=C\C/C=C\C/C=C\CCCCCCCCCCCCCCCCCCCCCCCCC(=O)OCC(COC(=O)CC/C=C\C/C=C\C/C=C\C/C=C\CC)OC(=O)CCCC/C=C\C/C=C\C/C=C\C/C=C\CC. The number of rotatable bonds is 59. The first kappa shape index (κ1) is 76.3. The largest absolute Gasteiger partial charge is 0.462 e. The normalized spacial score (nSPS) is 13.1. The van der Waals surface area contributed by atoms with Crippen molar-refractivity contribution < 1.29 is 28.6 Å². The lowest BCUT2D eigenvalue weighted by Crippen LogP contribution is -2.30. The molecule has 0 fully saturated rings. The van der Waals surface area contributed by atoms with Crippen molar-refractivity contribution in [2.75, 3.05) is 13.2 Å². The van der Waals surface area contributed by atoms with Crippen molar-refractivity contribution in [2.45, 2.75) is 297 Å². The molecule has 0 aliphatic rings. The number of ether oxygens (including phenoxy) is 3. The standard InChI is InChI=1S/C75H122O6/c1-4-7-10-13-16-19-22-25-27-28-29-30-31-32-33-34-35-36-37-38-39-40-41-42-43-44-45-46-48-50-53-56-59-62-65-68-74(77)80-71-72(70-79-73(76)67-64-61-58-55-52-49-24-21-18-15-12-9-6-3)81-75(78)69-66-63-60-57-54-51-47-26-23-20-17-14-11-8-5-2/h7-12,16-21,25-27,29-30,47,49,52,54,57-58,61,72H,4-6,13-15,22-24,28,31-46,48,50-51,53,55-56,59-60,62-71H2,1-3H3/b10-7-,11-8-,12-9-,19-16-,20-17-,21-18-,27-25-,30-29-,47-26-,52-49-,57-54-,61-58-. The number of hydrogen-bond acceptors (Lipinski definition) is 6. The lowest BCUT2D eigenvalue weighted by atomic mass is 10.0. The highest BCUT2D eigenvalue weighted by atomic mass is 16.6. The molecule has 0 aromatic rings. The molecule has 0 amide bonds. The van der Waals surface area contributed by atoms with Crippen molar-refractivity contribution in [3.05, 3.63) is 146 Å². The van der Waals surface area contributed by atoms with Gasteiger partial charge in [0.1, 0.15) is 13.2 Å². The summed E-state index contributed by atoms with van der Waals surface area (Å²) < 4.78 is 16.8. The van der Waals surface area contributed by atoms with Gasteiger partial charge in [0.05, 0.1) is 0 Å². The Bertz CT molecular complexity index is 1760. The zero-order chi connectivity index (χ0) is 58.5. The number of unbranched alkanes of at least 4 members (excludes halogenated alkanes) is 24. The molecule has 81 heavy (non-hydrogen) atoms. The molecule has 0 saturated carbocycles. The molecule has 458 valence electrons. The van der Waals surface area contributed by atoms with E-state index in [1.54, 1.807) is 0 Å². The molecule has 1 atom stereocenters. The van der Waals surface area contributed by atoms with Crippen molar-refractivity contribution >= 4 is 17.9 Å². The summed E-state index contributed by atoms with van der Waals surface area (Å²) in [6.45, 7) is 6.20. The summed E-state index contributed by atoms with van der Waals surface area (Å²) in [6.07, 6.45) is 97.7. The van der Waals surface area contributed by atoms with Gasteiger partial charge in [-0.25, -0.2) is 0 Å². The number of carbonyl (C=O) groups excluding carboxylic acids is 3. The molecular weight excluding hydrogens is 997 g/mol. The summed E-state index contributed by atoms with van der Waals surface area (Å²) in [7, 11) is 0. The van der Waals surface area contributed by atoms with Crippen LogP contribution in [0.25, 0.3) is 0 Å². The van der Waals surface area contributed by atoms with Gasteiger partial charge in [0, 0.05) is 19.3 Å². The van der Waals surface area contributed by atoms with Crippen LogP contribution in [0.15, 0.2) is 146 Å². The quantitative estimate of drug-likeness (QED) is 0.0261. The van der Waals surface area contributed by atoms with Crippen LogP contribution in [0.5, 0.6) is 0 Å². The maximum atomic E-state index is 12.9. The molecule has 6 heteroatoms. The number of allylic oxidation sites excluding steroid dienone is 24. The van der Waals surface area contributed by atoms with E-state index in [0.29, 0.717) is 19.3 Å². The summed E-state index contributed by atoms with van der Waals surface area (Å²) in [6, 6.07) is 0. The van der Waals surface area contributed by atoms with E-state index in [2.05, 4.69) is 154 Å². The number of hydrogen-bond donors (Lipinski definition) is 0. The predicted molar refractivity (Wildman–Crippen MR) is 352 cm³/mol. The first-order valence-electron chi connectivity index (χ1n) is 33.3. The summed E-state index contributed by atoms with van der Waals surface area (Å²) in [5.41, 5.74) is 0. The van der Waals surface area contributed by atoms with E-state index < -0.39 is 6.10 Å². The van der Waals surface area contributed by atoms with Crippen molar-refractivity contribution in [3.63, 3.8) is 0 Å². The second-order valence-electron chi connectivity index (χ2n) is 21.6. The van der Waals surface area contributed by atoms with Crippen molar-refractivity contribution in [2.24, 2.45) is 0 Å². The highest BCUT2D eigenvalue weighted by Gasteiger charge is 2.19. The summed E-state index contributed by atoms with van der Waals surface area (Å²) in [5, 5.41) is 0. The van der Waals surface area contributed by atoms with Gasteiger partial charge in [0.25, 0.3) is 0 Å². The van der Waals surface area contributed by atoms with Crippen molar-refractivity contribution in [1.82, 2.24) is 0 Å². The van der Waals surface area contributed by atoms with Crippen molar-refractivity contribution in [3.8, 4) is 0 Å². The third-order valence-corrected chi connectivity index (χ3v) is 13.8. The maximum Gasteiger partial charge on any atom is 0.306 e. The fourth-order valence-corrected chi connectivity index (χ4v) is 8.97. The fourth-order valence-electron chi connectivity index (χ4n) is 8.97. The lowest BCUT2D eigenvalue weighted by Gasteiger charge is -2.18. The Morgan fingerprint density at radius 1 is 0.247 bits per heavy atom. The van der Waals surface area contributed by atoms with Crippen molar-refractivity contribution in [1.29, 1.82) is 0 Å². The molecular formula is C75H122O6. The molecule has 0 aliphatic heterocycles. The monoisotopic (exact) mass is 1120 g/mol. The zero-order valence-corrected chi connectivity index (χ0v) is 52.5. The van der Waals surface area contributed by atoms with Gasteiger partial charge in [-0.05, 0) is 122 Å². The van der Waals surface area contributed by atoms with Crippen LogP contribution in [0.4, 0.5) is 0 Å². The second kappa shape index (κ2) is 67.8. The zero-order valence-electron chi connectivity index (χ0n) is 52.5. The van der Waals surface area contributed by atoms with E-state index in [1.165, 1.54) is 128 Å². The topological polar surface area (TPSA) is 78.9 Å². The highest BCUT2D eigenvalue weighted by Crippen LogP contribution is 2.17. The molecule has 0 aromatic carbocycles. The van der Waals surface area contributed by atoms with Crippen LogP contribution >= 0.6 is 0 Å². The van der Waals surface area contributed by atoms with E-state index in [9.17, 15) is 14.4 Å². The number of carbonyl (C=O) groups is 3. The van der Waals surface area contributed by atoms with Gasteiger partial charge in [0.15, 0.2) is 6.10 Å². The van der Waals surface area contributed by atoms with Crippen LogP contribution in [-0.2, 0) is 28.6 Å². The van der Waals surface area contributed by atoms with E-state index in [-0.39, 0.29) is 44.0 Å². The van der Waals surface area contributed by atoms with Crippen LogP contribution in [0.3, 0.4) is 0 Å². The summed E-state index contributed by atoms with van der Waals surface area (Å²) >= 11 is 0. The third kappa shape index (κ3) is 66.0. The predicted octanol–water partition coefficient (Wildman–Crippen LogP) is 23.1. The molecule has 0 spiro atoms. The molecule has 0 heterocycles. The van der Waals surface area contributed by atoms with E-state index in [1.807, 2.05) is 12.2 Å². The first-order valence-corrected chi connectivity index (χ1v) is 33.3. The minimum absolute atomic E-state index is 0.119. The molecule has 0 saturated heterocycles. The third-order valence-electron chi connectivity index (χ3n) is 13.8. The van der Waals surface area contributed by atoms with Crippen LogP contribution < -0.4 is 0 Å². The van der Waals surface area contributed by atoms with Gasteiger partial charge in [0.2, 0.25) is 0 Å². The summed E-state index contributed by atoms with van der Waals surface area (Å²) in [5.74, 6) is -1.04. The van der Waals surface area contributed by atoms with E-state index in [4.69, 9.17) is 14.2 Å². The smallest absolute Gasteiger partial charge is 0.306 e. The van der Waals surface area contributed by atoms with Crippen LogP contribution in [0, 0.1) is 0 Å². The van der Waals surface area contributed by atoms with Gasteiger partial charge in [-0.3, -0.25) is 14.4 Å². The molecule has 0 rings (SSSR count). The van der Waals surface area contributed by atoms with Crippen LogP contribution in [0.1, 0.15) is 290 Å². The van der Waals surface area contributed by atoms with E-state index >= 15 is 0 Å². The van der Waals surface area contributed by atoms with Gasteiger partial charge >= 0.3 is 17.9 Å². The molecule has 0 radical (unpaired) electrons. The molecule has 0 N–H and O–H groups in total. The molecule has 0 aliphatic carbocycles. The van der Waals surface area contributed by atoms with Gasteiger partial charge in [-0.2, -0.15) is 0 Å². The molecule has 0 aromatic heterocycles. The van der Waals surface area contributed by atoms with E-state index in [0.717, 1.165) is 109 Å². The van der Waals surface area contributed by atoms with Crippen LogP contribution in [0.2, 0.25) is 0 Å². The first-order chi connectivity index (χ1) is 40.0. The Kier molecular flexibility index (Phi) is 63.9. The average Bonchev–Trinajstić information content (AvgIpc) is 3.46. The average molecular weight is 1120 g/mol. The van der Waals surface area contributed by atoms with Gasteiger partial charge in [-0.15, -0.1) is 0 Å². The van der Waals surface area contributed by atoms with Gasteiger partial charge < -0.3 is 14.2 Å². The molecule has 1 unspecified atom stereocenters. The Morgan fingerprint density at radius 2 is 0.469 bits per heavy atom. The minimum atomic E-state index is -0.832.